The van der Waals surface area contributed by atoms with Gasteiger partial charge >= 0.3 is 0 Å². The van der Waals surface area contributed by atoms with Crippen molar-refractivity contribution in [1.29, 1.82) is 0 Å². The quantitative estimate of drug-likeness (QED) is 0.864. The lowest BCUT2D eigenvalue weighted by Crippen LogP contribution is -2.43. The molecule has 4 rings (SSSR count). The molecule has 1 atom stereocenters. The van der Waals surface area contributed by atoms with Crippen molar-refractivity contribution in [3.63, 3.8) is 0 Å². The largest absolute Gasteiger partial charge is 0.387 e. The number of aliphatic hydroxyl groups is 1. The lowest BCUT2D eigenvalue weighted by molar-refractivity contribution is -0.0529. The molecule has 3 nitrogen and oxygen atoms in total. The van der Waals surface area contributed by atoms with Gasteiger partial charge in [-0.25, -0.2) is 4.98 Å². The molecule has 2 aliphatic rings. The van der Waals surface area contributed by atoms with Crippen molar-refractivity contribution >= 4 is 0 Å². The third-order valence-corrected chi connectivity index (χ3v) is 5.45. The second-order valence-corrected chi connectivity index (χ2v) is 7.44. The first-order valence-corrected chi connectivity index (χ1v) is 7.84. The first-order valence-electron chi connectivity index (χ1n) is 7.84. The van der Waals surface area contributed by atoms with E-state index in [9.17, 15) is 5.11 Å². The molecule has 1 aromatic carbocycles. The van der Waals surface area contributed by atoms with E-state index in [-0.39, 0.29) is 6.04 Å². The number of rotatable bonds is 1. The van der Waals surface area contributed by atoms with Crippen LogP contribution in [-0.4, -0.2) is 20.3 Å². The maximum Gasteiger partial charge on any atom is 0.0957 e. The summed E-state index contributed by atoms with van der Waals surface area (Å²) in [5, 5.41) is 11.4. The van der Waals surface area contributed by atoms with Crippen LogP contribution in [0.1, 0.15) is 51.1 Å². The Balaban J connectivity index is 1.79. The molecule has 1 aliphatic heterocycles. The van der Waals surface area contributed by atoms with Crippen LogP contribution in [0.25, 0.3) is 11.3 Å². The van der Waals surface area contributed by atoms with Crippen LogP contribution >= 0.6 is 0 Å². The maximum atomic E-state index is 11.4. The average Bonchev–Trinajstić information content (AvgIpc) is 3.03. The van der Waals surface area contributed by atoms with Gasteiger partial charge in [-0.3, -0.25) is 0 Å². The highest BCUT2D eigenvalue weighted by molar-refractivity contribution is 5.69. The van der Waals surface area contributed by atoms with Gasteiger partial charge in [0, 0.05) is 5.56 Å². The van der Waals surface area contributed by atoms with Crippen LogP contribution in [0.4, 0.5) is 0 Å². The summed E-state index contributed by atoms with van der Waals surface area (Å²) in [5.74, 6) is 0. The van der Waals surface area contributed by atoms with E-state index in [1.165, 1.54) is 11.1 Å². The number of hydrogen-bond acceptors (Lipinski definition) is 2. The lowest BCUT2D eigenvalue weighted by atomic mass is 9.67. The molecule has 1 saturated carbocycles. The van der Waals surface area contributed by atoms with Gasteiger partial charge in [-0.05, 0) is 36.7 Å². The second-order valence-electron chi connectivity index (χ2n) is 7.44. The van der Waals surface area contributed by atoms with E-state index in [4.69, 9.17) is 0 Å². The van der Waals surface area contributed by atoms with Crippen molar-refractivity contribution in [2.24, 2.45) is 5.41 Å². The molecule has 3 heteroatoms. The van der Waals surface area contributed by atoms with Gasteiger partial charge in [-0.15, -0.1) is 0 Å². The van der Waals surface area contributed by atoms with E-state index in [1.807, 2.05) is 12.5 Å². The van der Waals surface area contributed by atoms with Crippen LogP contribution < -0.4 is 0 Å². The topological polar surface area (TPSA) is 38.1 Å². The summed E-state index contributed by atoms with van der Waals surface area (Å²) < 4.78 is 2.17. The molecule has 0 bridgehead atoms. The normalized spacial score (nSPS) is 25.4. The highest BCUT2D eigenvalue weighted by Crippen LogP contribution is 2.51. The number of benzene rings is 1. The molecule has 0 spiro atoms. The predicted octanol–water partition coefficient (Wildman–Crippen LogP) is 3.78. The van der Waals surface area contributed by atoms with E-state index in [2.05, 4.69) is 47.7 Å². The van der Waals surface area contributed by atoms with Crippen molar-refractivity contribution < 1.29 is 5.11 Å². The Morgan fingerprint density at radius 1 is 1.14 bits per heavy atom. The van der Waals surface area contributed by atoms with Gasteiger partial charge in [0.05, 0.1) is 29.9 Å². The Kier molecular flexibility index (Phi) is 2.62. The van der Waals surface area contributed by atoms with Crippen molar-refractivity contribution in [2.75, 3.05) is 0 Å². The van der Waals surface area contributed by atoms with E-state index in [0.29, 0.717) is 5.41 Å². The van der Waals surface area contributed by atoms with Gasteiger partial charge in [-0.1, -0.05) is 38.1 Å². The lowest BCUT2D eigenvalue weighted by Gasteiger charge is -2.44. The van der Waals surface area contributed by atoms with Crippen molar-refractivity contribution in [2.45, 2.75) is 51.2 Å². The van der Waals surface area contributed by atoms with Crippen LogP contribution in [0.15, 0.2) is 36.8 Å². The van der Waals surface area contributed by atoms with E-state index < -0.39 is 5.60 Å². The van der Waals surface area contributed by atoms with E-state index in [1.54, 1.807) is 0 Å². The average molecular weight is 282 g/mol. The summed E-state index contributed by atoms with van der Waals surface area (Å²) in [5.41, 5.74) is 3.30. The van der Waals surface area contributed by atoms with Crippen LogP contribution in [0.2, 0.25) is 0 Å². The summed E-state index contributed by atoms with van der Waals surface area (Å²) in [6, 6.07) is 8.44. The van der Waals surface area contributed by atoms with E-state index in [0.717, 1.165) is 31.4 Å². The summed E-state index contributed by atoms with van der Waals surface area (Å²) in [4.78, 5) is 4.30. The third kappa shape index (κ3) is 1.87. The van der Waals surface area contributed by atoms with Crippen LogP contribution in [0.3, 0.4) is 0 Å². The van der Waals surface area contributed by atoms with Gasteiger partial charge < -0.3 is 9.67 Å². The number of nitrogens with zero attached hydrogens (tertiary/aromatic N) is 2. The molecule has 0 radical (unpaired) electrons. The summed E-state index contributed by atoms with van der Waals surface area (Å²) >= 11 is 0. The zero-order valence-corrected chi connectivity index (χ0v) is 12.7. The Labute approximate surface area is 125 Å². The molecule has 1 fully saturated rings. The smallest absolute Gasteiger partial charge is 0.0957 e. The molecule has 1 aliphatic carbocycles. The second kappa shape index (κ2) is 4.20. The maximum absolute atomic E-state index is 11.4. The highest BCUT2D eigenvalue weighted by Gasteiger charge is 2.47. The Morgan fingerprint density at radius 3 is 2.62 bits per heavy atom. The van der Waals surface area contributed by atoms with Gasteiger partial charge in [0.15, 0.2) is 0 Å². The van der Waals surface area contributed by atoms with Gasteiger partial charge in [-0.2, -0.15) is 0 Å². The highest BCUT2D eigenvalue weighted by atomic mass is 16.3. The van der Waals surface area contributed by atoms with Crippen molar-refractivity contribution in [3.05, 3.63) is 42.4 Å². The van der Waals surface area contributed by atoms with Crippen LogP contribution in [-0.2, 0) is 0 Å². The zero-order valence-electron chi connectivity index (χ0n) is 12.7. The first kappa shape index (κ1) is 13.1. The third-order valence-electron chi connectivity index (χ3n) is 5.45. The van der Waals surface area contributed by atoms with E-state index >= 15 is 0 Å². The first-order chi connectivity index (χ1) is 10.0. The molecule has 0 unspecified atom stereocenters. The molecule has 0 amide bonds. The Hall–Kier alpha value is -1.61. The fourth-order valence-corrected chi connectivity index (χ4v) is 4.02. The fourth-order valence-electron chi connectivity index (χ4n) is 4.02. The fraction of sp³-hybridized carbons (Fsp3) is 0.500. The minimum atomic E-state index is -0.655. The molecule has 0 saturated heterocycles. The molecule has 2 heterocycles. The SMILES string of the molecule is CC1(C)CCC(O)([C@@H]2c3ccccc3-c3cncn32)CC1. The number of fused-ring (bicyclic) bond motifs is 3. The van der Waals surface area contributed by atoms with Crippen molar-refractivity contribution in [3.8, 4) is 11.3 Å². The van der Waals surface area contributed by atoms with Gasteiger partial charge in [0.2, 0.25) is 0 Å². The summed E-state index contributed by atoms with van der Waals surface area (Å²) in [6.07, 6.45) is 7.65. The molecule has 1 N–H and O–H groups in total. The van der Waals surface area contributed by atoms with Crippen molar-refractivity contribution in [1.82, 2.24) is 9.55 Å². The molecule has 2 aromatic rings. The number of hydrogen-bond donors (Lipinski definition) is 1. The van der Waals surface area contributed by atoms with Gasteiger partial charge in [0.25, 0.3) is 0 Å². The molecular weight excluding hydrogens is 260 g/mol. The Morgan fingerprint density at radius 2 is 1.86 bits per heavy atom. The number of imidazole rings is 1. The van der Waals surface area contributed by atoms with Crippen LogP contribution in [0, 0.1) is 5.41 Å². The van der Waals surface area contributed by atoms with Crippen LogP contribution in [0.5, 0.6) is 0 Å². The standard InChI is InChI=1S/C18H22N2O/c1-17(2)7-9-18(21,10-8-17)16-14-6-4-3-5-13(14)15-11-19-12-20(15)16/h3-6,11-12,16,21H,7-10H2,1-2H3/t16-/m0/s1. The minimum Gasteiger partial charge on any atom is -0.387 e. The molecule has 21 heavy (non-hydrogen) atoms. The van der Waals surface area contributed by atoms with Gasteiger partial charge in [0.1, 0.15) is 0 Å². The minimum absolute atomic E-state index is 0.0160. The summed E-state index contributed by atoms with van der Waals surface area (Å²) in [6.45, 7) is 4.61. The number of aromatic nitrogens is 2. The zero-order chi connectivity index (χ0) is 14.7. The summed E-state index contributed by atoms with van der Waals surface area (Å²) in [7, 11) is 0. The Bertz CT molecular complexity index is 676. The monoisotopic (exact) mass is 282 g/mol. The molecular formula is C18H22N2O. The molecule has 110 valence electrons. The molecule has 1 aromatic heterocycles. The predicted molar refractivity (Wildman–Crippen MR) is 83.0 cm³/mol.